The predicted molar refractivity (Wildman–Crippen MR) is 71.4 cm³/mol. The van der Waals surface area contributed by atoms with Crippen LogP contribution in [-0.2, 0) is 4.79 Å². The SMILES string of the molecule is O=C(N[C@@H]1CCSC1=O)c1ccc(Cl)c([N+](=O)[O-])c1. The number of carbonyl (C=O) groups is 2. The van der Waals surface area contributed by atoms with Crippen molar-refractivity contribution in [2.45, 2.75) is 12.5 Å². The monoisotopic (exact) mass is 300 g/mol. The average Bonchev–Trinajstić information content (AvgIpc) is 2.75. The summed E-state index contributed by atoms with van der Waals surface area (Å²) in [4.78, 5) is 33.4. The van der Waals surface area contributed by atoms with Gasteiger partial charge in [0.1, 0.15) is 5.02 Å². The van der Waals surface area contributed by atoms with Crippen molar-refractivity contribution >= 4 is 40.1 Å². The summed E-state index contributed by atoms with van der Waals surface area (Å²) >= 11 is 6.83. The van der Waals surface area contributed by atoms with Gasteiger partial charge < -0.3 is 5.32 Å². The number of halogens is 1. The molecule has 1 fully saturated rings. The zero-order valence-electron chi connectivity index (χ0n) is 9.59. The summed E-state index contributed by atoms with van der Waals surface area (Å²) in [5, 5.41) is 13.2. The molecule has 8 heteroatoms. The van der Waals surface area contributed by atoms with E-state index in [4.69, 9.17) is 11.6 Å². The Bertz CT molecular complexity index is 564. The van der Waals surface area contributed by atoms with Crippen molar-refractivity contribution in [2.75, 3.05) is 5.75 Å². The van der Waals surface area contributed by atoms with Crippen LogP contribution in [0.15, 0.2) is 18.2 Å². The zero-order chi connectivity index (χ0) is 14.0. The van der Waals surface area contributed by atoms with Gasteiger partial charge in [0.15, 0.2) is 0 Å². The van der Waals surface area contributed by atoms with Gasteiger partial charge in [-0.3, -0.25) is 19.7 Å². The van der Waals surface area contributed by atoms with Crippen LogP contribution in [0.1, 0.15) is 16.8 Å². The second-order valence-electron chi connectivity index (χ2n) is 3.91. The molecule has 100 valence electrons. The molecule has 0 radical (unpaired) electrons. The number of amides is 1. The fraction of sp³-hybridized carbons (Fsp3) is 0.273. The standard InChI is InChI=1S/C11H9ClN2O4S/c12-7-2-1-6(5-9(7)14(17)18)10(15)13-8-3-4-19-11(8)16/h1-2,5,8H,3-4H2,(H,13,15)/t8-/m1/s1. The quantitative estimate of drug-likeness (QED) is 0.681. The molecule has 6 nitrogen and oxygen atoms in total. The van der Waals surface area contributed by atoms with E-state index in [0.717, 1.165) is 6.07 Å². The van der Waals surface area contributed by atoms with Gasteiger partial charge in [0.05, 0.1) is 11.0 Å². The molecule has 2 rings (SSSR count). The van der Waals surface area contributed by atoms with Crippen molar-refractivity contribution in [2.24, 2.45) is 0 Å². The molecule has 0 aliphatic carbocycles. The Morgan fingerprint density at radius 3 is 2.84 bits per heavy atom. The highest BCUT2D eigenvalue weighted by Crippen LogP contribution is 2.25. The van der Waals surface area contributed by atoms with E-state index in [9.17, 15) is 19.7 Å². The highest BCUT2D eigenvalue weighted by molar-refractivity contribution is 8.14. The first-order chi connectivity index (χ1) is 8.99. The van der Waals surface area contributed by atoms with Crippen LogP contribution in [-0.4, -0.2) is 27.7 Å². The third-order valence-electron chi connectivity index (χ3n) is 2.65. The maximum absolute atomic E-state index is 11.9. The second kappa shape index (κ2) is 5.58. The van der Waals surface area contributed by atoms with Gasteiger partial charge in [-0.2, -0.15) is 0 Å². The van der Waals surface area contributed by atoms with Crippen molar-refractivity contribution < 1.29 is 14.5 Å². The van der Waals surface area contributed by atoms with E-state index in [1.54, 1.807) is 0 Å². The number of nitro benzene ring substituents is 1. The van der Waals surface area contributed by atoms with Gasteiger partial charge in [0.25, 0.3) is 11.6 Å². The maximum Gasteiger partial charge on any atom is 0.288 e. The molecule has 0 bridgehead atoms. The number of hydrogen-bond donors (Lipinski definition) is 1. The van der Waals surface area contributed by atoms with Crippen molar-refractivity contribution in [1.82, 2.24) is 5.32 Å². The molecule has 1 N–H and O–H groups in total. The van der Waals surface area contributed by atoms with Gasteiger partial charge in [0, 0.05) is 17.4 Å². The van der Waals surface area contributed by atoms with Crippen LogP contribution in [0.2, 0.25) is 5.02 Å². The molecule has 1 aliphatic rings. The molecule has 1 aromatic carbocycles. The summed E-state index contributed by atoms with van der Waals surface area (Å²) < 4.78 is 0. The molecule has 1 amide bonds. The number of carbonyl (C=O) groups excluding carboxylic acids is 2. The van der Waals surface area contributed by atoms with Gasteiger partial charge >= 0.3 is 0 Å². The van der Waals surface area contributed by atoms with Gasteiger partial charge in [-0.1, -0.05) is 23.4 Å². The number of nitrogens with one attached hydrogen (secondary N) is 1. The average molecular weight is 301 g/mol. The van der Waals surface area contributed by atoms with E-state index < -0.39 is 16.9 Å². The summed E-state index contributed by atoms with van der Waals surface area (Å²) in [5.41, 5.74) is -0.220. The molecule has 1 atom stereocenters. The van der Waals surface area contributed by atoms with E-state index in [2.05, 4.69) is 5.32 Å². The van der Waals surface area contributed by atoms with Crippen LogP contribution < -0.4 is 5.32 Å². The number of nitrogens with zero attached hydrogens (tertiary/aromatic N) is 1. The van der Waals surface area contributed by atoms with Crippen molar-refractivity contribution in [3.63, 3.8) is 0 Å². The van der Waals surface area contributed by atoms with Gasteiger partial charge in [-0.05, 0) is 18.6 Å². The molecule has 0 spiro atoms. The predicted octanol–water partition coefficient (Wildman–Crippen LogP) is 2.01. The molecular weight excluding hydrogens is 292 g/mol. The van der Waals surface area contributed by atoms with Crippen LogP contribution in [0, 0.1) is 10.1 Å². The lowest BCUT2D eigenvalue weighted by atomic mass is 10.1. The lowest BCUT2D eigenvalue weighted by molar-refractivity contribution is -0.384. The number of nitro groups is 1. The summed E-state index contributed by atoms with van der Waals surface area (Å²) in [6.07, 6.45) is 0.574. The lowest BCUT2D eigenvalue weighted by Gasteiger charge is -2.10. The summed E-state index contributed by atoms with van der Waals surface area (Å²) in [6.45, 7) is 0. The Balaban J connectivity index is 2.17. The van der Waals surface area contributed by atoms with E-state index in [-0.39, 0.29) is 21.4 Å². The molecule has 0 aromatic heterocycles. The fourth-order valence-corrected chi connectivity index (χ4v) is 2.78. The molecule has 0 saturated carbocycles. The normalized spacial score (nSPS) is 18.4. The Kier molecular flexibility index (Phi) is 4.06. The first-order valence-electron chi connectivity index (χ1n) is 5.40. The molecule has 1 saturated heterocycles. The van der Waals surface area contributed by atoms with Gasteiger partial charge in [0.2, 0.25) is 5.12 Å². The van der Waals surface area contributed by atoms with E-state index in [0.29, 0.717) is 12.2 Å². The number of rotatable bonds is 3. The third-order valence-corrected chi connectivity index (χ3v) is 3.97. The van der Waals surface area contributed by atoms with Gasteiger partial charge in [-0.15, -0.1) is 0 Å². The molecule has 1 heterocycles. The molecule has 19 heavy (non-hydrogen) atoms. The Hall–Kier alpha value is -1.60. The zero-order valence-corrected chi connectivity index (χ0v) is 11.2. The van der Waals surface area contributed by atoms with Crippen LogP contribution >= 0.6 is 23.4 Å². The van der Waals surface area contributed by atoms with Crippen LogP contribution in [0.25, 0.3) is 0 Å². The maximum atomic E-state index is 11.9. The van der Waals surface area contributed by atoms with Crippen molar-refractivity contribution in [3.05, 3.63) is 38.9 Å². The van der Waals surface area contributed by atoms with Gasteiger partial charge in [-0.25, -0.2) is 0 Å². The van der Waals surface area contributed by atoms with Crippen LogP contribution in [0.3, 0.4) is 0 Å². The van der Waals surface area contributed by atoms with Crippen molar-refractivity contribution in [3.8, 4) is 0 Å². The van der Waals surface area contributed by atoms with Crippen molar-refractivity contribution in [1.29, 1.82) is 0 Å². The minimum atomic E-state index is -0.657. The summed E-state index contributed by atoms with van der Waals surface area (Å²) in [5.74, 6) is 0.158. The molecular formula is C11H9ClN2O4S. The first kappa shape index (κ1) is 13.8. The topological polar surface area (TPSA) is 89.3 Å². The fourth-order valence-electron chi connectivity index (χ4n) is 1.66. The minimum absolute atomic E-state index is 0.0333. The highest BCUT2D eigenvalue weighted by atomic mass is 35.5. The van der Waals surface area contributed by atoms with Crippen LogP contribution in [0.4, 0.5) is 5.69 Å². The van der Waals surface area contributed by atoms with Crippen LogP contribution in [0.5, 0.6) is 0 Å². The molecule has 1 aromatic rings. The van der Waals surface area contributed by atoms with E-state index in [1.807, 2.05) is 0 Å². The largest absolute Gasteiger partial charge is 0.341 e. The lowest BCUT2D eigenvalue weighted by Crippen LogP contribution is -2.37. The third kappa shape index (κ3) is 3.05. The number of benzene rings is 1. The smallest absolute Gasteiger partial charge is 0.288 e. The second-order valence-corrected chi connectivity index (χ2v) is 5.41. The summed E-state index contributed by atoms with van der Waals surface area (Å²) in [7, 11) is 0. The minimum Gasteiger partial charge on any atom is -0.341 e. The van der Waals surface area contributed by atoms with E-state index in [1.165, 1.54) is 23.9 Å². The summed E-state index contributed by atoms with van der Waals surface area (Å²) in [6, 6.07) is 3.26. The van der Waals surface area contributed by atoms with E-state index >= 15 is 0 Å². The number of thioether (sulfide) groups is 1. The molecule has 0 unspecified atom stereocenters. The highest BCUT2D eigenvalue weighted by Gasteiger charge is 2.27. The Labute approximate surface area is 117 Å². The first-order valence-corrected chi connectivity index (χ1v) is 6.77. The Morgan fingerprint density at radius 2 is 2.26 bits per heavy atom. The number of hydrogen-bond acceptors (Lipinski definition) is 5. The molecule has 1 aliphatic heterocycles. The Morgan fingerprint density at radius 1 is 1.53 bits per heavy atom.